The standard InChI is InChI=1S/C31H36Cl3N3O5S/c1-7-26(30(39)35-31(3,4)5)36(18-23-24(33)9-8-10-25(23)34)29(38)19-37(27-17-21(32)13-16-28(27)42-6)43(40,41)22-14-11-20(2)12-15-22/h8-17,26H,7,18-19H2,1-6H3,(H,35,39). The maximum Gasteiger partial charge on any atom is 0.264 e. The van der Waals surface area contributed by atoms with Gasteiger partial charge in [-0.05, 0) is 76.6 Å². The lowest BCUT2D eigenvalue weighted by Crippen LogP contribution is -2.55. The smallest absolute Gasteiger partial charge is 0.264 e. The van der Waals surface area contributed by atoms with E-state index in [4.69, 9.17) is 39.5 Å². The summed E-state index contributed by atoms with van der Waals surface area (Å²) in [4.78, 5) is 29.1. The Morgan fingerprint density at radius 1 is 0.977 bits per heavy atom. The van der Waals surface area contributed by atoms with E-state index in [0.717, 1.165) is 9.87 Å². The second kappa shape index (κ2) is 14.2. The second-order valence-electron chi connectivity index (χ2n) is 11.0. The van der Waals surface area contributed by atoms with Gasteiger partial charge in [0.2, 0.25) is 11.8 Å². The minimum atomic E-state index is -4.32. The molecule has 0 aliphatic heterocycles. The molecule has 1 N–H and O–H groups in total. The van der Waals surface area contributed by atoms with Gasteiger partial charge >= 0.3 is 0 Å². The molecule has 3 aromatic rings. The van der Waals surface area contributed by atoms with E-state index in [-0.39, 0.29) is 34.3 Å². The number of ether oxygens (including phenoxy) is 1. The summed E-state index contributed by atoms with van der Waals surface area (Å²) in [6.07, 6.45) is 0.237. The molecular formula is C31H36Cl3N3O5S. The Kier molecular flexibility index (Phi) is 11.4. The molecule has 0 spiro atoms. The zero-order valence-corrected chi connectivity index (χ0v) is 28.0. The number of carbonyl (C=O) groups is 2. The maximum absolute atomic E-state index is 14.3. The van der Waals surface area contributed by atoms with Crippen molar-refractivity contribution in [1.29, 1.82) is 0 Å². The minimum Gasteiger partial charge on any atom is -0.495 e. The first-order valence-corrected chi connectivity index (χ1v) is 16.1. The van der Waals surface area contributed by atoms with Crippen molar-refractivity contribution < 1.29 is 22.7 Å². The lowest BCUT2D eigenvalue weighted by atomic mass is 10.1. The van der Waals surface area contributed by atoms with Gasteiger partial charge in [-0.3, -0.25) is 13.9 Å². The molecule has 3 aromatic carbocycles. The molecule has 1 unspecified atom stereocenters. The van der Waals surface area contributed by atoms with Crippen molar-refractivity contribution >= 4 is 62.3 Å². The van der Waals surface area contributed by atoms with Gasteiger partial charge in [0.05, 0.1) is 17.7 Å². The predicted molar refractivity (Wildman–Crippen MR) is 173 cm³/mol. The van der Waals surface area contributed by atoms with Crippen LogP contribution in [0.25, 0.3) is 0 Å². The summed E-state index contributed by atoms with van der Waals surface area (Å²) in [5.41, 5.74) is 0.762. The van der Waals surface area contributed by atoms with Crippen molar-refractivity contribution in [2.75, 3.05) is 18.0 Å². The number of benzene rings is 3. The second-order valence-corrected chi connectivity index (χ2v) is 14.1. The molecule has 8 nitrogen and oxygen atoms in total. The van der Waals surface area contributed by atoms with E-state index < -0.39 is 40.0 Å². The zero-order chi connectivity index (χ0) is 32.1. The summed E-state index contributed by atoms with van der Waals surface area (Å²) in [5.74, 6) is -0.879. The summed E-state index contributed by atoms with van der Waals surface area (Å²) in [5, 5.41) is 3.77. The molecule has 0 bridgehead atoms. The highest BCUT2D eigenvalue weighted by Gasteiger charge is 2.36. The first kappa shape index (κ1) is 34.5. The Bertz CT molecular complexity index is 1550. The van der Waals surface area contributed by atoms with Crippen LogP contribution < -0.4 is 14.4 Å². The fraction of sp³-hybridized carbons (Fsp3) is 0.355. The number of rotatable bonds is 11. The molecule has 0 heterocycles. The molecule has 1 atom stereocenters. The molecule has 0 aliphatic carbocycles. The summed E-state index contributed by atoms with van der Waals surface area (Å²) < 4.78 is 34.7. The van der Waals surface area contributed by atoms with Gasteiger partial charge in [0.15, 0.2) is 0 Å². The highest BCUT2D eigenvalue weighted by molar-refractivity contribution is 7.92. The van der Waals surface area contributed by atoms with E-state index in [0.29, 0.717) is 15.6 Å². The Morgan fingerprint density at radius 2 is 1.58 bits per heavy atom. The first-order chi connectivity index (χ1) is 20.1. The van der Waals surface area contributed by atoms with Gasteiger partial charge in [-0.1, -0.05) is 65.5 Å². The lowest BCUT2D eigenvalue weighted by molar-refractivity contribution is -0.141. The van der Waals surface area contributed by atoms with Gasteiger partial charge in [-0.15, -0.1) is 0 Å². The number of anilines is 1. The molecule has 0 fully saturated rings. The first-order valence-electron chi connectivity index (χ1n) is 13.6. The van der Waals surface area contributed by atoms with Gasteiger partial charge in [-0.25, -0.2) is 8.42 Å². The Labute approximate surface area is 268 Å². The Hall–Kier alpha value is -2.98. The zero-order valence-electron chi connectivity index (χ0n) is 24.9. The van der Waals surface area contributed by atoms with E-state index in [1.807, 2.05) is 27.7 Å². The van der Waals surface area contributed by atoms with Crippen LogP contribution in [0.5, 0.6) is 5.75 Å². The normalized spacial score (nSPS) is 12.4. The third kappa shape index (κ3) is 8.56. The minimum absolute atomic E-state index is 0.0360. The molecule has 232 valence electrons. The fourth-order valence-electron chi connectivity index (χ4n) is 4.43. The molecule has 3 rings (SSSR count). The van der Waals surface area contributed by atoms with Crippen molar-refractivity contribution in [1.82, 2.24) is 10.2 Å². The van der Waals surface area contributed by atoms with Crippen LogP contribution >= 0.6 is 34.8 Å². The average Bonchev–Trinajstić information content (AvgIpc) is 2.92. The topological polar surface area (TPSA) is 96.0 Å². The van der Waals surface area contributed by atoms with Crippen molar-refractivity contribution in [2.24, 2.45) is 0 Å². The van der Waals surface area contributed by atoms with Crippen LogP contribution in [0, 0.1) is 6.92 Å². The average molecular weight is 669 g/mol. The van der Waals surface area contributed by atoms with Crippen molar-refractivity contribution in [3.8, 4) is 5.75 Å². The van der Waals surface area contributed by atoms with Crippen LogP contribution in [0.1, 0.15) is 45.2 Å². The van der Waals surface area contributed by atoms with E-state index in [2.05, 4.69) is 5.32 Å². The lowest BCUT2D eigenvalue weighted by Gasteiger charge is -2.35. The highest BCUT2D eigenvalue weighted by atomic mass is 35.5. The summed E-state index contributed by atoms with van der Waals surface area (Å²) >= 11 is 19.2. The summed E-state index contributed by atoms with van der Waals surface area (Å²) in [6.45, 7) is 8.28. The van der Waals surface area contributed by atoms with E-state index in [1.165, 1.54) is 36.3 Å². The molecule has 0 aromatic heterocycles. The predicted octanol–water partition coefficient (Wildman–Crippen LogP) is 6.88. The Morgan fingerprint density at radius 3 is 2.12 bits per heavy atom. The largest absolute Gasteiger partial charge is 0.495 e. The van der Waals surface area contributed by atoms with Gasteiger partial charge in [0, 0.05) is 32.7 Å². The molecule has 0 saturated carbocycles. The number of amides is 2. The van der Waals surface area contributed by atoms with Crippen LogP contribution in [0.15, 0.2) is 65.6 Å². The Balaban J connectivity index is 2.18. The number of carbonyl (C=O) groups excluding carboxylic acids is 2. The molecule has 0 saturated heterocycles. The molecule has 43 heavy (non-hydrogen) atoms. The van der Waals surface area contributed by atoms with E-state index in [9.17, 15) is 18.0 Å². The molecule has 12 heteroatoms. The van der Waals surface area contributed by atoms with Gasteiger partial charge < -0.3 is 15.0 Å². The third-order valence-corrected chi connectivity index (χ3v) is 9.29. The number of nitrogens with one attached hydrogen (secondary N) is 1. The molecule has 0 aliphatic rings. The fourth-order valence-corrected chi connectivity index (χ4v) is 6.53. The molecule has 0 radical (unpaired) electrons. The van der Waals surface area contributed by atoms with Crippen LogP contribution in [0.4, 0.5) is 5.69 Å². The summed E-state index contributed by atoms with van der Waals surface area (Å²) in [6, 6.07) is 14.7. The van der Waals surface area contributed by atoms with Crippen LogP contribution in [-0.4, -0.2) is 50.4 Å². The molecular weight excluding hydrogens is 633 g/mol. The number of nitrogens with zero attached hydrogens (tertiary/aromatic N) is 2. The van der Waals surface area contributed by atoms with E-state index in [1.54, 1.807) is 43.3 Å². The van der Waals surface area contributed by atoms with Gasteiger partial charge in [0.25, 0.3) is 10.0 Å². The van der Waals surface area contributed by atoms with Crippen molar-refractivity contribution in [2.45, 2.75) is 64.1 Å². The highest BCUT2D eigenvalue weighted by Crippen LogP contribution is 2.35. The van der Waals surface area contributed by atoms with Gasteiger partial charge in [0.1, 0.15) is 18.3 Å². The number of halogens is 3. The maximum atomic E-state index is 14.3. The van der Waals surface area contributed by atoms with Crippen LogP contribution in [0.2, 0.25) is 15.1 Å². The number of sulfonamides is 1. The monoisotopic (exact) mass is 667 g/mol. The van der Waals surface area contributed by atoms with E-state index >= 15 is 0 Å². The van der Waals surface area contributed by atoms with Crippen molar-refractivity contribution in [3.05, 3.63) is 86.9 Å². The van der Waals surface area contributed by atoms with Crippen LogP contribution in [0.3, 0.4) is 0 Å². The SMILES string of the molecule is CCC(C(=O)NC(C)(C)C)N(Cc1c(Cl)cccc1Cl)C(=O)CN(c1cc(Cl)ccc1OC)S(=O)(=O)c1ccc(C)cc1. The summed E-state index contributed by atoms with van der Waals surface area (Å²) in [7, 11) is -2.94. The number of hydrogen-bond donors (Lipinski definition) is 1. The quantitative estimate of drug-likeness (QED) is 0.240. The third-order valence-electron chi connectivity index (χ3n) is 6.57. The number of methoxy groups -OCH3 is 1. The molecule has 2 amide bonds. The van der Waals surface area contributed by atoms with Gasteiger partial charge in [-0.2, -0.15) is 0 Å². The van der Waals surface area contributed by atoms with Crippen molar-refractivity contribution in [3.63, 3.8) is 0 Å². The number of aryl methyl sites for hydroxylation is 1. The van der Waals surface area contributed by atoms with Crippen LogP contribution in [-0.2, 0) is 26.2 Å². The number of hydrogen-bond acceptors (Lipinski definition) is 5.